The topological polar surface area (TPSA) is 162 Å². The minimum atomic E-state index is -0.896. The number of esters is 2. The van der Waals surface area contributed by atoms with Crippen molar-refractivity contribution in [1.29, 1.82) is 0 Å². The number of nitrogens with one attached hydrogen (secondary N) is 2. The van der Waals surface area contributed by atoms with E-state index < -0.39 is 18.0 Å². The predicted octanol–water partition coefficient (Wildman–Crippen LogP) is 2.54. The van der Waals surface area contributed by atoms with Gasteiger partial charge in [-0.15, -0.1) is 5.23 Å². The van der Waals surface area contributed by atoms with E-state index in [1.165, 1.54) is 0 Å². The number of hydrogen-bond donors (Lipinski definition) is 4. The molecule has 0 bridgehead atoms. The van der Waals surface area contributed by atoms with E-state index in [1.807, 2.05) is 27.7 Å². The van der Waals surface area contributed by atoms with Gasteiger partial charge in [-0.2, -0.15) is 0 Å². The predicted molar refractivity (Wildman–Crippen MR) is 116 cm³/mol. The largest absolute Gasteiger partial charge is 0.462 e. The van der Waals surface area contributed by atoms with Gasteiger partial charge in [0.25, 0.3) is 0 Å². The van der Waals surface area contributed by atoms with Gasteiger partial charge in [0, 0.05) is 18.0 Å². The highest BCUT2D eigenvalue weighted by Gasteiger charge is 2.34. The third-order valence-electron chi connectivity index (χ3n) is 4.37. The lowest BCUT2D eigenvalue weighted by molar-refractivity contribution is -0.246. The van der Waals surface area contributed by atoms with E-state index >= 15 is 0 Å². The maximum atomic E-state index is 12.2. The summed E-state index contributed by atoms with van der Waals surface area (Å²) in [6.45, 7) is 11.0. The molecule has 0 aliphatic carbocycles. The normalized spacial score (nSPS) is 15.4. The first-order chi connectivity index (χ1) is 15.1. The molecule has 0 amide bonds. The van der Waals surface area contributed by atoms with Crippen LogP contribution >= 0.6 is 0 Å². The quantitative estimate of drug-likeness (QED) is 0.146. The van der Waals surface area contributed by atoms with E-state index in [0.29, 0.717) is 17.4 Å². The number of nitrogens with zero attached hydrogens (tertiary/aromatic N) is 4. The molecule has 2 heterocycles. The summed E-state index contributed by atoms with van der Waals surface area (Å²) in [7, 11) is 0. The lowest BCUT2D eigenvalue weighted by atomic mass is 10.2. The number of hydroxylamine groups is 2. The molecule has 0 saturated heterocycles. The summed E-state index contributed by atoms with van der Waals surface area (Å²) >= 11 is 0. The highest BCUT2D eigenvalue weighted by Crippen LogP contribution is 2.32. The van der Waals surface area contributed by atoms with Crippen molar-refractivity contribution in [3.63, 3.8) is 0 Å². The lowest BCUT2D eigenvalue weighted by Gasteiger charge is -2.14. The molecule has 0 aromatic carbocycles. The van der Waals surface area contributed by atoms with Crippen LogP contribution in [-0.2, 0) is 19.1 Å². The Bertz CT molecular complexity index is 911. The number of hydrogen-bond acceptors (Lipinski definition) is 11. The molecule has 1 aliphatic heterocycles. The molecule has 1 aliphatic rings. The zero-order valence-corrected chi connectivity index (χ0v) is 19.0. The number of rotatable bonds is 9. The highest BCUT2D eigenvalue weighted by molar-refractivity contribution is 6.14. The van der Waals surface area contributed by atoms with Crippen molar-refractivity contribution in [3.05, 3.63) is 23.3 Å². The summed E-state index contributed by atoms with van der Waals surface area (Å²) < 4.78 is 9.86. The van der Waals surface area contributed by atoms with Crippen LogP contribution < -0.4 is 5.32 Å². The van der Waals surface area contributed by atoms with Gasteiger partial charge >= 0.3 is 11.9 Å². The minimum Gasteiger partial charge on any atom is -0.462 e. The molecule has 1 atom stereocenters. The molecule has 0 saturated carbocycles. The van der Waals surface area contributed by atoms with E-state index in [0.717, 1.165) is 6.20 Å². The number of carbonyl (C=O) groups excluding carboxylic acids is 2. The third kappa shape index (κ3) is 5.71. The van der Waals surface area contributed by atoms with E-state index in [9.17, 15) is 20.0 Å². The van der Waals surface area contributed by atoms with Gasteiger partial charge in [0.2, 0.25) is 0 Å². The van der Waals surface area contributed by atoms with Crippen molar-refractivity contribution in [1.82, 2.24) is 15.2 Å². The molecular weight excluding hydrogens is 420 g/mol. The van der Waals surface area contributed by atoms with Gasteiger partial charge in [-0.05, 0) is 13.8 Å². The number of imidazole rings is 1. The van der Waals surface area contributed by atoms with Crippen LogP contribution in [0.5, 0.6) is 0 Å². The second kappa shape index (κ2) is 10.9. The van der Waals surface area contributed by atoms with Crippen LogP contribution in [0.1, 0.15) is 65.0 Å². The maximum Gasteiger partial charge on any atom is 0.347 e. The first kappa shape index (κ1) is 25.0. The average molecular weight is 450 g/mol. The van der Waals surface area contributed by atoms with Gasteiger partial charge in [0.1, 0.15) is 11.7 Å². The maximum absolute atomic E-state index is 12.2. The molecule has 0 spiro atoms. The van der Waals surface area contributed by atoms with E-state index in [1.54, 1.807) is 13.8 Å². The van der Waals surface area contributed by atoms with Crippen molar-refractivity contribution in [2.24, 2.45) is 15.9 Å². The fourth-order valence-electron chi connectivity index (χ4n) is 2.77. The Kier molecular flexibility index (Phi) is 8.49. The summed E-state index contributed by atoms with van der Waals surface area (Å²) in [6, 6.07) is -0.896. The zero-order chi connectivity index (χ0) is 24.0. The van der Waals surface area contributed by atoms with Crippen molar-refractivity contribution in [3.8, 4) is 0 Å². The number of H-pyrrole nitrogens is 1. The molecule has 176 valence electrons. The highest BCUT2D eigenvalue weighted by atomic mass is 16.8. The minimum absolute atomic E-state index is 0.00226. The van der Waals surface area contributed by atoms with E-state index in [2.05, 4.69) is 25.3 Å². The average Bonchev–Trinajstić information content (AvgIpc) is 3.33. The summed E-state index contributed by atoms with van der Waals surface area (Å²) in [6.07, 6.45) is 1.15. The smallest absolute Gasteiger partial charge is 0.347 e. The molecule has 2 rings (SSSR count). The first-order valence-corrected chi connectivity index (χ1v) is 10.3. The summed E-state index contributed by atoms with van der Waals surface area (Å²) in [5.74, 6) is -0.627. The van der Waals surface area contributed by atoms with E-state index in [-0.39, 0.29) is 47.5 Å². The molecule has 12 heteroatoms. The van der Waals surface area contributed by atoms with Gasteiger partial charge < -0.3 is 19.8 Å². The third-order valence-corrected chi connectivity index (χ3v) is 4.37. The Balaban J connectivity index is 2.50. The Morgan fingerprint density at radius 2 is 1.72 bits per heavy atom. The van der Waals surface area contributed by atoms with Crippen LogP contribution in [0.25, 0.3) is 0 Å². The van der Waals surface area contributed by atoms with Gasteiger partial charge in [-0.3, -0.25) is 15.4 Å². The van der Waals surface area contributed by atoms with Crippen LogP contribution in [0.2, 0.25) is 0 Å². The SMILES string of the molecule is CCOC(=O)C(=CNc1nc(C(C)C)[nH]c1C1N=C(C(C)C)N=C1N(O)O)C(=O)OCC. The molecule has 4 N–H and O–H groups in total. The van der Waals surface area contributed by atoms with Crippen molar-refractivity contribution in [2.75, 3.05) is 18.5 Å². The van der Waals surface area contributed by atoms with Crippen LogP contribution in [0.3, 0.4) is 0 Å². The standard InChI is InChI=1S/C20H30N6O6/c1-7-31-19(27)12(20(28)32-8-2)9-21-17-13(22-15(24-17)10(3)4)14-18(26(29)30)25-16(23-14)11(5)6/h9-11,14,21,29-30H,7-8H2,1-6H3,(H,22,24). The van der Waals surface area contributed by atoms with Crippen molar-refractivity contribution < 1.29 is 29.5 Å². The summed E-state index contributed by atoms with van der Waals surface area (Å²) in [4.78, 5) is 40.7. The zero-order valence-electron chi connectivity index (χ0n) is 19.0. The Hall–Kier alpha value is -3.25. The number of aromatic nitrogens is 2. The number of anilines is 1. The number of ether oxygens (including phenoxy) is 2. The van der Waals surface area contributed by atoms with Crippen molar-refractivity contribution in [2.45, 2.75) is 53.5 Å². The molecule has 1 unspecified atom stereocenters. The van der Waals surface area contributed by atoms with Crippen LogP contribution in [-0.4, -0.2) is 62.4 Å². The van der Waals surface area contributed by atoms with Crippen LogP contribution in [0.4, 0.5) is 5.82 Å². The second-order valence-corrected chi connectivity index (χ2v) is 7.49. The molecule has 0 radical (unpaired) electrons. The van der Waals surface area contributed by atoms with E-state index in [4.69, 9.17) is 9.47 Å². The molecule has 32 heavy (non-hydrogen) atoms. The Morgan fingerprint density at radius 3 is 2.19 bits per heavy atom. The van der Waals surface area contributed by atoms with Crippen molar-refractivity contribution >= 4 is 29.4 Å². The lowest BCUT2D eigenvalue weighted by Crippen LogP contribution is -2.27. The number of aliphatic imine (C=N–C) groups is 2. The first-order valence-electron chi connectivity index (χ1n) is 10.3. The van der Waals surface area contributed by atoms with Gasteiger partial charge in [-0.25, -0.2) is 19.6 Å². The molecule has 0 fully saturated rings. The Labute approximate surface area is 186 Å². The summed E-state index contributed by atoms with van der Waals surface area (Å²) in [5.41, 5.74) is 0.0332. The fraction of sp³-hybridized carbons (Fsp3) is 0.550. The molecule has 12 nitrogen and oxygen atoms in total. The van der Waals surface area contributed by atoms with Gasteiger partial charge in [0.15, 0.2) is 23.3 Å². The van der Waals surface area contributed by atoms with Gasteiger partial charge in [0.05, 0.1) is 18.9 Å². The number of carbonyl (C=O) groups is 2. The fourth-order valence-corrected chi connectivity index (χ4v) is 2.77. The molecular formula is C20H30N6O6. The van der Waals surface area contributed by atoms with Gasteiger partial charge in [-0.1, -0.05) is 27.7 Å². The number of aromatic amines is 1. The number of amidine groups is 2. The van der Waals surface area contributed by atoms with Crippen LogP contribution in [0, 0.1) is 5.92 Å². The van der Waals surface area contributed by atoms with Crippen LogP contribution in [0.15, 0.2) is 21.8 Å². The Morgan fingerprint density at radius 1 is 1.12 bits per heavy atom. The second-order valence-electron chi connectivity index (χ2n) is 7.49. The monoisotopic (exact) mass is 450 g/mol. The molecule has 1 aromatic heterocycles. The summed E-state index contributed by atoms with van der Waals surface area (Å²) in [5, 5.41) is 22.1. The molecule has 1 aromatic rings.